The summed E-state index contributed by atoms with van der Waals surface area (Å²) in [5.41, 5.74) is 2.26. The average Bonchev–Trinajstić information content (AvgIpc) is 3.11. The number of rotatable bonds is 5. The van der Waals surface area contributed by atoms with E-state index in [-0.39, 0.29) is 23.8 Å². The van der Waals surface area contributed by atoms with Gasteiger partial charge in [-0.2, -0.15) is 0 Å². The zero-order chi connectivity index (χ0) is 24.5. The Kier molecular flexibility index (Phi) is 6.55. The molecule has 0 atom stereocenters. The van der Waals surface area contributed by atoms with E-state index in [0.29, 0.717) is 25.5 Å². The molecule has 0 unspecified atom stereocenters. The minimum Gasteiger partial charge on any atom is -0.288 e. The third-order valence-corrected chi connectivity index (χ3v) is 7.72. The van der Waals surface area contributed by atoms with E-state index in [4.69, 9.17) is 17.2 Å². The highest BCUT2D eigenvalue weighted by Gasteiger charge is 2.32. The largest absolute Gasteiger partial charge is 0.288 e. The number of hydrogen-bond donors (Lipinski definition) is 0. The zero-order valence-electron chi connectivity index (χ0n) is 18.5. The number of benzene rings is 2. The van der Waals surface area contributed by atoms with Crippen molar-refractivity contribution in [2.24, 2.45) is 0 Å². The van der Waals surface area contributed by atoms with E-state index in [0.717, 1.165) is 27.8 Å². The lowest BCUT2D eigenvalue weighted by atomic mass is 10.2. The van der Waals surface area contributed by atoms with Crippen molar-refractivity contribution in [1.82, 2.24) is 14.3 Å². The summed E-state index contributed by atoms with van der Waals surface area (Å²) in [4.78, 5) is 34.2. The number of halogens is 1. The molecular weight excluding hydrogens is 502 g/mol. The van der Waals surface area contributed by atoms with Gasteiger partial charge in [-0.25, -0.2) is 9.37 Å². The second-order valence-corrected chi connectivity index (χ2v) is 10.6. The summed E-state index contributed by atoms with van der Waals surface area (Å²) in [6, 6.07) is 19.3. The number of carbonyl (C=O) groups is 1. The number of pyridine rings is 1. The number of carbonyl (C=O) groups excluding carboxylic acids is 1. The summed E-state index contributed by atoms with van der Waals surface area (Å²) in [5.74, 6) is -0.643. The van der Waals surface area contributed by atoms with Gasteiger partial charge in [0, 0.05) is 11.1 Å². The second-order valence-electron chi connectivity index (χ2n) is 7.88. The van der Waals surface area contributed by atoms with Gasteiger partial charge in [0.25, 0.3) is 11.5 Å². The van der Waals surface area contributed by atoms with Crippen molar-refractivity contribution in [2.75, 3.05) is 0 Å². The van der Waals surface area contributed by atoms with Gasteiger partial charge in [0.15, 0.2) is 0 Å². The molecule has 0 radical (unpaired) electrons. The van der Waals surface area contributed by atoms with E-state index >= 15 is 0 Å². The number of fused-ring (bicyclic) bond motifs is 1. The number of aromatic nitrogens is 2. The molecule has 3 heterocycles. The Bertz CT molecular complexity index is 1550. The van der Waals surface area contributed by atoms with Gasteiger partial charge in [-0.05, 0) is 54.5 Å². The lowest BCUT2D eigenvalue weighted by molar-refractivity contribution is -0.122. The first-order valence-electron chi connectivity index (χ1n) is 10.6. The summed E-state index contributed by atoms with van der Waals surface area (Å²) in [6.45, 7) is 2.13. The van der Waals surface area contributed by atoms with Crippen LogP contribution >= 0.6 is 35.7 Å². The third kappa shape index (κ3) is 4.93. The van der Waals surface area contributed by atoms with E-state index in [1.807, 2.05) is 43.3 Å². The molecular formula is C26H18FN3O2S3. The van der Waals surface area contributed by atoms with Crippen LogP contribution in [0.5, 0.6) is 0 Å². The molecule has 1 amide bonds. The molecule has 5 nitrogen and oxygen atoms in total. The Hall–Kier alpha value is -3.27. The molecule has 2 aromatic heterocycles. The molecule has 0 aliphatic carbocycles. The fourth-order valence-corrected chi connectivity index (χ4v) is 5.73. The maximum Gasteiger partial charge on any atom is 0.266 e. The summed E-state index contributed by atoms with van der Waals surface area (Å²) < 4.78 is 15.1. The van der Waals surface area contributed by atoms with Gasteiger partial charge in [-0.3, -0.25) is 18.9 Å². The number of aryl methyl sites for hydroxylation is 1. The van der Waals surface area contributed by atoms with Gasteiger partial charge >= 0.3 is 0 Å². The Morgan fingerprint density at radius 3 is 2.54 bits per heavy atom. The molecule has 9 heteroatoms. The predicted octanol–water partition coefficient (Wildman–Crippen LogP) is 5.69. The lowest BCUT2D eigenvalue weighted by Gasteiger charge is -2.14. The van der Waals surface area contributed by atoms with Crippen molar-refractivity contribution in [3.8, 4) is 0 Å². The van der Waals surface area contributed by atoms with Gasteiger partial charge < -0.3 is 0 Å². The van der Waals surface area contributed by atoms with Crippen LogP contribution in [0.15, 0.2) is 92.5 Å². The van der Waals surface area contributed by atoms with Crippen LogP contribution in [0.4, 0.5) is 4.39 Å². The van der Waals surface area contributed by atoms with Crippen LogP contribution in [0, 0.1) is 12.7 Å². The Balaban J connectivity index is 1.56. The first-order chi connectivity index (χ1) is 16.9. The van der Waals surface area contributed by atoms with E-state index in [1.54, 1.807) is 30.5 Å². The number of nitrogens with zero attached hydrogens (tertiary/aromatic N) is 3. The summed E-state index contributed by atoms with van der Waals surface area (Å²) in [6.07, 6.45) is 3.32. The maximum atomic E-state index is 13.5. The molecule has 1 aliphatic heterocycles. The van der Waals surface area contributed by atoms with Gasteiger partial charge in [-0.1, -0.05) is 72.1 Å². The highest BCUT2D eigenvalue weighted by Crippen LogP contribution is 2.35. The van der Waals surface area contributed by atoms with Gasteiger partial charge in [0.1, 0.15) is 20.8 Å². The van der Waals surface area contributed by atoms with Gasteiger partial charge in [0.05, 0.1) is 17.0 Å². The molecule has 4 aromatic rings. The SMILES string of the molecule is Cc1ccc2nc(Sc3ccccc3)c(C=C3SC(=S)N(Cc4ccc(F)cc4)C3=O)c(=O)n2c1. The molecule has 1 saturated heterocycles. The van der Waals surface area contributed by atoms with Crippen molar-refractivity contribution in [3.63, 3.8) is 0 Å². The van der Waals surface area contributed by atoms with Crippen LogP contribution in [0.2, 0.25) is 0 Å². The van der Waals surface area contributed by atoms with Crippen LogP contribution in [0.3, 0.4) is 0 Å². The third-order valence-electron chi connectivity index (χ3n) is 5.33. The molecule has 0 N–H and O–H groups in total. The van der Waals surface area contributed by atoms with Gasteiger partial charge in [0.2, 0.25) is 0 Å². The number of thiocarbonyl (C=S) groups is 1. The topological polar surface area (TPSA) is 54.7 Å². The highest BCUT2D eigenvalue weighted by molar-refractivity contribution is 8.26. The molecule has 5 rings (SSSR count). The van der Waals surface area contributed by atoms with E-state index < -0.39 is 0 Å². The molecule has 0 saturated carbocycles. The molecule has 1 fully saturated rings. The Morgan fingerprint density at radius 1 is 1.06 bits per heavy atom. The number of thioether (sulfide) groups is 1. The fourth-order valence-electron chi connectivity index (χ4n) is 3.58. The first kappa shape index (κ1) is 23.5. The number of amides is 1. The summed E-state index contributed by atoms with van der Waals surface area (Å²) in [7, 11) is 0. The number of hydrogen-bond acceptors (Lipinski definition) is 6. The lowest BCUT2D eigenvalue weighted by Crippen LogP contribution is -2.27. The zero-order valence-corrected chi connectivity index (χ0v) is 20.9. The average molecular weight is 520 g/mol. The first-order valence-corrected chi connectivity index (χ1v) is 12.7. The van der Waals surface area contributed by atoms with Gasteiger partial charge in [-0.15, -0.1) is 0 Å². The summed E-state index contributed by atoms with van der Waals surface area (Å²) >= 11 is 7.96. The van der Waals surface area contributed by atoms with Crippen LogP contribution in [0.1, 0.15) is 16.7 Å². The molecule has 1 aliphatic rings. The van der Waals surface area contributed by atoms with E-state index in [9.17, 15) is 14.0 Å². The van der Waals surface area contributed by atoms with Crippen molar-refractivity contribution in [3.05, 3.63) is 111 Å². The van der Waals surface area contributed by atoms with E-state index in [2.05, 4.69) is 0 Å². The smallest absolute Gasteiger partial charge is 0.266 e. The van der Waals surface area contributed by atoms with Crippen LogP contribution in [0.25, 0.3) is 11.7 Å². The molecule has 0 bridgehead atoms. The van der Waals surface area contributed by atoms with E-state index in [1.165, 1.54) is 33.2 Å². The quantitative estimate of drug-likeness (QED) is 0.192. The maximum absolute atomic E-state index is 13.5. The molecule has 174 valence electrons. The van der Waals surface area contributed by atoms with Crippen molar-refractivity contribution in [1.29, 1.82) is 0 Å². The minimum atomic E-state index is -0.345. The van der Waals surface area contributed by atoms with Crippen molar-refractivity contribution in [2.45, 2.75) is 23.4 Å². The Labute approximate surface area is 214 Å². The second kappa shape index (κ2) is 9.77. The fraction of sp³-hybridized carbons (Fsp3) is 0.0769. The highest BCUT2D eigenvalue weighted by atomic mass is 32.2. The van der Waals surface area contributed by atoms with Crippen LogP contribution in [-0.4, -0.2) is 24.5 Å². The minimum absolute atomic E-state index is 0.224. The molecule has 35 heavy (non-hydrogen) atoms. The monoisotopic (exact) mass is 519 g/mol. The predicted molar refractivity (Wildman–Crippen MR) is 142 cm³/mol. The Morgan fingerprint density at radius 2 is 1.80 bits per heavy atom. The van der Waals surface area contributed by atoms with Crippen molar-refractivity contribution < 1.29 is 9.18 Å². The summed E-state index contributed by atoms with van der Waals surface area (Å²) in [5, 5.41) is 0.508. The molecule has 2 aromatic carbocycles. The standard InChI is InChI=1S/C26H18FN3O2S3/c1-16-7-12-22-28-23(34-19-5-3-2-4-6-19)20(24(31)29(22)14-16)13-21-25(32)30(26(33)35-21)15-17-8-10-18(27)11-9-17/h2-14H,15H2,1H3. The van der Waals surface area contributed by atoms with Crippen LogP contribution in [-0.2, 0) is 11.3 Å². The van der Waals surface area contributed by atoms with Crippen molar-refractivity contribution >= 4 is 57.7 Å². The van der Waals surface area contributed by atoms with Crippen LogP contribution < -0.4 is 5.56 Å². The molecule has 0 spiro atoms. The normalized spacial score (nSPS) is 14.9.